The van der Waals surface area contributed by atoms with E-state index < -0.39 is 0 Å². The molecule has 1 aliphatic rings. The molecule has 0 saturated heterocycles. The van der Waals surface area contributed by atoms with Crippen molar-refractivity contribution in [1.82, 2.24) is 0 Å². The molecule has 0 aromatic heterocycles. The van der Waals surface area contributed by atoms with Crippen LogP contribution in [0.3, 0.4) is 0 Å². The molecule has 1 saturated carbocycles. The minimum atomic E-state index is 0.429. The number of halogens is 1. The molecule has 2 nitrogen and oxygen atoms in total. The third-order valence-corrected chi connectivity index (χ3v) is 3.68. The van der Waals surface area contributed by atoms with Gasteiger partial charge in [0.15, 0.2) is 0 Å². The first kappa shape index (κ1) is 11.7. The van der Waals surface area contributed by atoms with E-state index in [4.69, 9.17) is 29.6 Å². The lowest BCUT2D eigenvalue weighted by atomic mass is 9.91. The van der Waals surface area contributed by atoms with Gasteiger partial charge in [-0.05, 0) is 37.5 Å². The zero-order valence-corrected chi connectivity index (χ0v) is 10.8. The van der Waals surface area contributed by atoms with Crippen LogP contribution in [-0.2, 0) is 0 Å². The smallest absolute Gasteiger partial charge is 0.106 e. The standard InChI is InChI=1S/C12H15ClN2S/c1-15(9-3-2-4-9)11-7-8(13)5-6-10(11)12(14)16/h5-7,9H,2-4H2,1H3,(H2,14,16). The zero-order chi connectivity index (χ0) is 11.7. The molecule has 1 aliphatic carbocycles. The molecule has 1 aromatic rings. The first-order chi connectivity index (χ1) is 7.59. The van der Waals surface area contributed by atoms with Crippen LogP contribution in [0.5, 0.6) is 0 Å². The SMILES string of the molecule is CN(c1cc(Cl)ccc1C(N)=S)C1CCC1. The maximum absolute atomic E-state index is 6.02. The van der Waals surface area contributed by atoms with Gasteiger partial charge in [0.05, 0.1) is 0 Å². The Hall–Kier alpha value is -0.800. The van der Waals surface area contributed by atoms with Crippen LogP contribution >= 0.6 is 23.8 Å². The van der Waals surface area contributed by atoms with Gasteiger partial charge in [-0.3, -0.25) is 0 Å². The first-order valence-corrected chi connectivity index (χ1v) is 6.20. The average Bonchev–Trinajstić information content (AvgIpc) is 2.14. The fraction of sp³-hybridized carbons (Fsp3) is 0.417. The van der Waals surface area contributed by atoms with Gasteiger partial charge in [-0.1, -0.05) is 23.8 Å². The number of anilines is 1. The Labute approximate surface area is 106 Å². The van der Waals surface area contributed by atoms with E-state index in [1.807, 2.05) is 18.2 Å². The third kappa shape index (κ3) is 2.15. The lowest BCUT2D eigenvalue weighted by Gasteiger charge is -2.37. The summed E-state index contributed by atoms with van der Waals surface area (Å²) in [5.74, 6) is 0. The van der Waals surface area contributed by atoms with E-state index in [1.54, 1.807) is 0 Å². The summed E-state index contributed by atoms with van der Waals surface area (Å²) in [4.78, 5) is 2.67. The second kappa shape index (κ2) is 4.60. The number of rotatable bonds is 3. The molecule has 0 aliphatic heterocycles. The molecular formula is C12H15ClN2S. The van der Waals surface area contributed by atoms with Gasteiger partial charge in [-0.2, -0.15) is 0 Å². The number of nitrogens with zero attached hydrogens (tertiary/aromatic N) is 1. The summed E-state index contributed by atoms with van der Waals surface area (Å²) in [6.07, 6.45) is 3.78. The highest BCUT2D eigenvalue weighted by Gasteiger charge is 2.24. The number of benzene rings is 1. The van der Waals surface area contributed by atoms with Crippen LogP contribution in [0.2, 0.25) is 5.02 Å². The zero-order valence-electron chi connectivity index (χ0n) is 9.24. The van der Waals surface area contributed by atoms with Crippen molar-refractivity contribution in [3.05, 3.63) is 28.8 Å². The highest BCUT2D eigenvalue weighted by Crippen LogP contribution is 2.32. The Morgan fingerprint density at radius 3 is 2.69 bits per heavy atom. The summed E-state index contributed by atoms with van der Waals surface area (Å²) in [5.41, 5.74) is 7.68. The van der Waals surface area contributed by atoms with Crippen LogP contribution in [0.1, 0.15) is 24.8 Å². The van der Waals surface area contributed by atoms with Crippen LogP contribution in [0.25, 0.3) is 0 Å². The number of nitrogens with two attached hydrogens (primary N) is 1. The summed E-state index contributed by atoms with van der Waals surface area (Å²) in [5, 5.41) is 0.723. The minimum absolute atomic E-state index is 0.429. The van der Waals surface area contributed by atoms with Gasteiger partial charge in [-0.15, -0.1) is 0 Å². The monoisotopic (exact) mass is 254 g/mol. The van der Waals surface area contributed by atoms with Gasteiger partial charge in [-0.25, -0.2) is 0 Å². The molecule has 86 valence electrons. The van der Waals surface area contributed by atoms with Gasteiger partial charge in [0.2, 0.25) is 0 Å². The van der Waals surface area contributed by atoms with Crippen LogP contribution in [0.4, 0.5) is 5.69 Å². The van der Waals surface area contributed by atoms with Crippen molar-refractivity contribution >= 4 is 34.5 Å². The summed E-state index contributed by atoms with van der Waals surface area (Å²) >= 11 is 11.1. The molecule has 0 spiro atoms. The lowest BCUT2D eigenvalue weighted by Crippen LogP contribution is -2.38. The maximum Gasteiger partial charge on any atom is 0.106 e. The van der Waals surface area contributed by atoms with Crippen molar-refractivity contribution in [3.63, 3.8) is 0 Å². The Bertz CT molecular complexity index is 415. The average molecular weight is 255 g/mol. The first-order valence-electron chi connectivity index (χ1n) is 5.42. The van der Waals surface area contributed by atoms with E-state index in [1.165, 1.54) is 19.3 Å². The lowest BCUT2D eigenvalue weighted by molar-refractivity contribution is 0.401. The Morgan fingerprint density at radius 1 is 1.50 bits per heavy atom. The highest BCUT2D eigenvalue weighted by molar-refractivity contribution is 7.80. The topological polar surface area (TPSA) is 29.3 Å². The molecule has 0 unspecified atom stereocenters. The fourth-order valence-electron chi connectivity index (χ4n) is 1.98. The molecule has 0 radical (unpaired) electrons. The largest absolute Gasteiger partial charge is 0.389 e. The van der Waals surface area contributed by atoms with Gasteiger partial charge < -0.3 is 10.6 Å². The molecule has 0 amide bonds. The normalized spacial score (nSPS) is 15.6. The molecule has 2 rings (SSSR count). The molecule has 1 fully saturated rings. The molecular weight excluding hydrogens is 240 g/mol. The predicted molar refractivity (Wildman–Crippen MR) is 73.4 cm³/mol. The molecule has 0 bridgehead atoms. The number of thiocarbonyl (C=S) groups is 1. The van der Waals surface area contributed by atoms with Crippen molar-refractivity contribution in [2.75, 3.05) is 11.9 Å². The van der Waals surface area contributed by atoms with Crippen LogP contribution in [0, 0.1) is 0 Å². The Morgan fingerprint density at radius 2 is 2.19 bits per heavy atom. The van der Waals surface area contributed by atoms with Crippen molar-refractivity contribution in [1.29, 1.82) is 0 Å². The summed E-state index contributed by atoms with van der Waals surface area (Å²) in [6.45, 7) is 0. The van der Waals surface area contributed by atoms with E-state index in [-0.39, 0.29) is 0 Å². The van der Waals surface area contributed by atoms with E-state index in [0.29, 0.717) is 11.0 Å². The van der Waals surface area contributed by atoms with E-state index in [0.717, 1.165) is 16.3 Å². The molecule has 16 heavy (non-hydrogen) atoms. The number of hydrogen-bond acceptors (Lipinski definition) is 2. The quantitative estimate of drug-likeness (QED) is 0.841. The van der Waals surface area contributed by atoms with Gasteiger partial charge >= 0.3 is 0 Å². The molecule has 0 heterocycles. The summed E-state index contributed by atoms with van der Waals surface area (Å²) in [6, 6.07) is 6.27. The van der Waals surface area contributed by atoms with E-state index in [9.17, 15) is 0 Å². The Kier molecular flexibility index (Phi) is 3.36. The van der Waals surface area contributed by atoms with Gasteiger partial charge in [0, 0.05) is 29.4 Å². The highest BCUT2D eigenvalue weighted by atomic mass is 35.5. The van der Waals surface area contributed by atoms with Crippen LogP contribution in [-0.4, -0.2) is 18.1 Å². The molecule has 1 aromatic carbocycles. The second-order valence-electron chi connectivity index (χ2n) is 4.22. The van der Waals surface area contributed by atoms with Crippen LogP contribution < -0.4 is 10.6 Å². The van der Waals surface area contributed by atoms with Crippen molar-refractivity contribution in [2.24, 2.45) is 5.73 Å². The molecule has 2 N–H and O–H groups in total. The predicted octanol–water partition coefficient (Wildman–Crippen LogP) is 2.96. The minimum Gasteiger partial charge on any atom is -0.389 e. The summed E-state index contributed by atoms with van der Waals surface area (Å²) in [7, 11) is 2.08. The fourth-order valence-corrected chi connectivity index (χ4v) is 2.31. The van der Waals surface area contributed by atoms with Crippen molar-refractivity contribution < 1.29 is 0 Å². The maximum atomic E-state index is 6.02. The van der Waals surface area contributed by atoms with Crippen LogP contribution in [0.15, 0.2) is 18.2 Å². The van der Waals surface area contributed by atoms with Crippen molar-refractivity contribution in [2.45, 2.75) is 25.3 Å². The molecule has 4 heteroatoms. The van der Waals surface area contributed by atoms with E-state index >= 15 is 0 Å². The van der Waals surface area contributed by atoms with E-state index in [2.05, 4.69) is 11.9 Å². The van der Waals surface area contributed by atoms with Crippen molar-refractivity contribution in [3.8, 4) is 0 Å². The van der Waals surface area contributed by atoms with Gasteiger partial charge in [0.1, 0.15) is 4.99 Å². The Balaban J connectivity index is 2.36. The second-order valence-corrected chi connectivity index (χ2v) is 5.10. The molecule has 0 atom stereocenters. The summed E-state index contributed by atoms with van der Waals surface area (Å²) < 4.78 is 0. The number of hydrogen-bond donors (Lipinski definition) is 1. The van der Waals surface area contributed by atoms with Gasteiger partial charge in [0.25, 0.3) is 0 Å². The third-order valence-electron chi connectivity index (χ3n) is 3.23.